The van der Waals surface area contributed by atoms with E-state index in [-0.39, 0.29) is 19.4 Å². The number of hydrogen-bond acceptors (Lipinski definition) is 8. The summed E-state index contributed by atoms with van der Waals surface area (Å²) in [6.45, 7) is 0.270. The van der Waals surface area contributed by atoms with Crippen molar-refractivity contribution in [3.05, 3.63) is 12.2 Å². The molecule has 4 rings (SSSR count). The summed E-state index contributed by atoms with van der Waals surface area (Å²) in [5.41, 5.74) is 2.45. The fourth-order valence-electron chi connectivity index (χ4n) is 5.03. The van der Waals surface area contributed by atoms with E-state index in [4.69, 9.17) is 10.5 Å². The third kappa shape index (κ3) is 6.04. The predicted molar refractivity (Wildman–Crippen MR) is 128 cm³/mol. The van der Waals surface area contributed by atoms with Crippen LogP contribution in [0.1, 0.15) is 64.2 Å². The van der Waals surface area contributed by atoms with Crippen LogP contribution in [0.2, 0.25) is 0 Å². The van der Waals surface area contributed by atoms with Crippen LogP contribution < -0.4 is 20.5 Å². The summed E-state index contributed by atoms with van der Waals surface area (Å²) >= 11 is 0. The lowest BCUT2D eigenvalue weighted by Gasteiger charge is -2.29. The number of nitrogens with two attached hydrogens (primary N) is 1. The molecule has 0 aromatic carbocycles. The van der Waals surface area contributed by atoms with Crippen molar-refractivity contribution >= 4 is 34.0 Å². The summed E-state index contributed by atoms with van der Waals surface area (Å²) < 4.78 is 34.4. The maximum Gasteiger partial charge on any atom is 0.405 e. The molecule has 37 heavy (non-hydrogen) atoms. The van der Waals surface area contributed by atoms with E-state index in [1.807, 2.05) is 16.9 Å². The van der Waals surface area contributed by atoms with Gasteiger partial charge in [-0.05, 0) is 57.8 Å². The average Bonchev–Trinajstić information content (AvgIpc) is 3.68. The minimum atomic E-state index is -4.35. The fraction of sp³-hybridized carbons (Fsp3) is 0.696. The molecule has 0 aromatic heterocycles. The largest absolute Gasteiger partial charge is 0.436 e. The van der Waals surface area contributed by atoms with Crippen LogP contribution in [-0.2, 0) is 29.3 Å². The molecule has 2 aliphatic carbocycles. The lowest BCUT2D eigenvalue weighted by atomic mass is 10.1. The minimum absolute atomic E-state index is 0.189. The zero-order chi connectivity index (χ0) is 26.8. The number of fused-ring (bicyclic) bond motifs is 2. The smallest absolute Gasteiger partial charge is 0.405 e. The van der Waals surface area contributed by atoms with Gasteiger partial charge in [-0.25, -0.2) is 9.52 Å². The molecule has 14 heteroatoms. The van der Waals surface area contributed by atoms with E-state index < -0.39 is 63.2 Å². The first-order valence-corrected chi connectivity index (χ1v) is 14.0. The molecule has 13 nitrogen and oxygen atoms in total. The van der Waals surface area contributed by atoms with E-state index >= 15 is 0 Å². The van der Waals surface area contributed by atoms with Gasteiger partial charge in [0, 0.05) is 12.5 Å². The van der Waals surface area contributed by atoms with Crippen LogP contribution in [0.25, 0.3) is 0 Å². The van der Waals surface area contributed by atoms with Gasteiger partial charge in [0.1, 0.15) is 17.1 Å². The van der Waals surface area contributed by atoms with Crippen molar-refractivity contribution in [2.45, 2.75) is 87.4 Å². The number of primary amides is 1. The Morgan fingerprint density at radius 3 is 2.62 bits per heavy atom. The number of nitriles is 1. The van der Waals surface area contributed by atoms with E-state index in [0.717, 1.165) is 12.8 Å². The van der Waals surface area contributed by atoms with Gasteiger partial charge in [-0.1, -0.05) is 18.6 Å². The van der Waals surface area contributed by atoms with E-state index in [1.54, 1.807) is 6.08 Å². The van der Waals surface area contributed by atoms with Crippen LogP contribution in [0.4, 0.5) is 4.79 Å². The summed E-state index contributed by atoms with van der Waals surface area (Å²) in [6, 6.07) is 0.989. The second-order valence-electron chi connectivity index (χ2n) is 10.2. The first kappa shape index (κ1) is 26.9. The molecule has 0 radical (unpaired) electrons. The third-order valence-electron chi connectivity index (χ3n) is 7.36. The van der Waals surface area contributed by atoms with Crippen LogP contribution in [-0.4, -0.2) is 66.9 Å². The van der Waals surface area contributed by atoms with Gasteiger partial charge < -0.3 is 20.7 Å². The van der Waals surface area contributed by atoms with Crippen molar-refractivity contribution in [1.29, 1.82) is 5.26 Å². The lowest BCUT2D eigenvalue weighted by molar-refractivity contribution is -0.146. The molecule has 0 spiro atoms. The number of nitrogens with one attached hydrogen (secondary N) is 3. The lowest BCUT2D eigenvalue weighted by Crippen LogP contribution is -2.58. The number of carbonyl (C=O) groups excluding carboxylic acids is 4. The zero-order valence-corrected chi connectivity index (χ0v) is 21.2. The van der Waals surface area contributed by atoms with Crippen LogP contribution in [0.3, 0.4) is 0 Å². The maximum absolute atomic E-state index is 13.4. The molecule has 1 saturated heterocycles. The fourth-order valence-corrected chi connectivity index (χ4v) is 6.27. The maximum atomic E-state index is 13.4. The molecule has 4 atom stereocenters. The Hall–Kier alpha value is -3.18. The minimum Gasteiger partial charge on any atom is -0.436 e. The number of carbonyl (C=O) groups is 4. The Kier molecular flexibility index (Phi) is 7.48. The molecule has 0 bridgehead atoms. The summed E-state index contributed by atoms with van der Waals surface area (Å²) in [6.07, 6.45) is 6.37. The molecule has 2 heterocycles. The van der Waals surface area contributed by atoms with Crippen LogP contribution in [0.5, 0.6) is 0 Å². The van der Waals surface area contributed by atoms with Gasteiger partial charge in [-0.3, -0.25) is 14.4 Å². The second-order valence-corrected chi connectivity index (χ2v) is 11.6. The molecular formula is C23H32N6O7S. The van der Waals surface area contributed by atoms with Gasteiger partial charge in [0.25, 0.3) is 11.8 Å². The summed E-state index contributed by atoms with van der Waals surface area (Å²) in [5, 5.41) is 11.9. The highest BCUT2D eigenvalue weighted by atomic mass is 32.2. The molecule has 202 valence electrons. The Morgan fingerprint density at radius 2 is 1.95 bits per heavy atom. The summed E-state index contributed by atoms with van der Waals surface area (Å²) in [7, 11) is -4.35. The van der Waals surface area contributed by atoms with E-state index in [1.165, 1.54) is 4.90 Å². The molecule has 4 aliphatic rings. The first-order chi connectivity index (χ1) is 17.5. The van der Waals surface area contributed by atoms with Crippen molar-refractivity contribution in [3.8, 4) is 6.07 Å². The Balaban J connectivity index is 1.55. The van der Waals surface area contributed by atoms with E-state index in [0.29, 0.717) is 38.5 Å². The third-order valence-corrected chi connectivity index (χ3v) is 8.48. The molecule has 5 N–H and O–H groups in total. The Bertz CT molecular complexity index is 1140. The summed E-state index contributed by atoms with van der Waals surface area (Å²) in [5.74, 6) is -2.45. The topological polar surface area (TPSA) is 201 Å². The van der Waals surface area contributed by atoms with Crippen LogP contribution in [0.15, 0.2) is 12.2 Å². The molecule has 3 fully saturated rings. The second kappa shape index (κ2) is 10.3. The van der Waals surface area contributed by atoms with Crippen LogP contribution in [0, 0.1) is 17.2 Å². The first-order valence-electron chi connectivity index (χ1n) is 12.5. The number of allylic oxidation sites excluding steroid dienone is 1. The number of hydrogen-bond donors (Lipinski definition) is 4. The van der Waals surface area contributed by atoms with Crippen molar-refractivity contribution < 1.29 is 32.3 Å². The van der Waals surface area contributed by atoms with E-state index in [2.05, 4.69) is 10.0 Å². The standard InChI is InChI=1S/C23H32N6O7S/c24-14-22(10-11-22)28-37(34,35)27-20(32)23-13-15(23)7-4-2-1-3-5-9-17(36-21(25)33)19(31)29-12-6-8-16(29)18(30)26-23/h4,7,15-17,28H,1-3,5-6,8-13H2,(H2,25,33)(H,26,30)(H,27,32)/b7-4+. The number of ether oxygens (including phenoxy) is 1. The SMILES string of the molecule is N#CC1(NS(=O)(=O)NC(=O)C23CC2/C=C/CCCCCC(OC(N)=O)C(=O)N2CCCC2C(=O)N3)CC1. The highest BCUT2D eigenvalue weighted by Crippen LogP contribution is 2.46. The zero-order valence-electron chi connectivity index (χ0n) is 20.4. The number of nitrogens with zero attached hydrogens (tertiary/aromatic N) is 2. The molecule has 0 aromatic rings. The van der Waals surface area contributed by atoms with Gasteiger partial charge in [0.2, 0.25) is 5.91 Å². The number of amides is 4. The molecule has 4 amide bonds. The van der Waals surface area contributed by atoms with Gasteiger partial charge in [-0.2, -0.15) is 18.4 Å². The van der Waals surface area contributed by atoms with Gasteiger partial charge in [-0.15, -0.1) is 0 Å². The van der Waals surface area contributed by atoms with Crippen molar-refractivity contribution in [3.63, 3.8) is 0 Å². The number of rotatable bonds is 5. The van der Waals surface area contributed by atoms with Gasteiger partial charge >= 0.3 is 16.3 Å². The molecule has 4 unspecified atom stereocenters. The predicted octanol–water partition coefficient (Wildman–Crippen LogP) is -0.157. The summed E-state index contributed by atoms with van der Waals surface area (Å²) in [4.78, 5) is 52.5. The molecule has 2 saturated carbocycles. The van der Waals surface area contributed by atoms with Crippen molar-refractivity contribution in [2.75, 3.05) is 6.54 Å². The molecular weight excluding hydrogens is 504 g/mol. The van der Waals surface area contributed by atoms with E-state index in [9.17, 15) is 32.9 Å². The highest BCUT2D eigenvalue weighted by Gasteiger charge is 2.61. The monoisotopic (exact) mass is 536 g/mol. The van der Waals surface area contributed by atoms with Crippen LogP contribution >= 0.6 is 0 Å². The quantitative estimate of drug-likeness (QED) is 0.347. The normalized spacial score (nSPS) is 32.3. The van der Waals surface area contributed by atoms with Crippen molar-refractivity contribution in [2.24, 2.45) is 11.7 Å². The van der Waals surface area contributed by atoms with Gasteiger partial charge in [0.15, 0.2) is 6.10 Å². The van der Waals surface area contributed by atoms with Gasteiger partial charge in [0.05, 0.1) is 6.07 Å². The van der Waals surface area contributed by atoms with Crippen molar-refractivity contribution in [1.82, 2.24) is 19.7 Å². The molecule has 2 aliphatic heterocycles. The average molecular weight is 537 g/mol. The Labute approximate surface area is 215 Å². The Morgan fingerprint density at radius 1 is 1.19 bits per heavy atom. The highest BCUT2D eigenvalue weighted by molar-refractivity contribution is 7.88.